The van der Waals surface area contributed by atoms with Crippen LogP contribution in [-0.2, 0) is 9.53 Å². The minimum absolute atomic E-state index is 0.0498. The summed E-state index contributed by atoms with van der Waals surface area (Å²) in [5.41, 5.74) is 0.0119. The molecule has 4 fully saturated rings. The van der Waals surface area contributed by atoms with Crippen molar-refractivity contribution in [3.05, 3.63) is 0 Å². The third-order valence-corrected chi connectivity index (χ3v) is 6.32. The Kier molecular flexibility index (Phi) is 1.85. The summed E-state index contributed by atoms with van der Waals surface area (Å²) in [4.78, 5) is 11.6. The molecule has 5 atom stereocenters. The van der Waals surface area contributed by atoms with Gasteiger partial charge in [-0.05, 0) is 43.9 Å². The average Bonchev–Trinajstić information content (AvgIpc) is 2.83. The highest BCUT2D eigenvalue weighted by Gasteiger charge is 2.83. The van der Waals surface area contributed by atoms with Gasteiger partial charge in [-0.3, -0.25) is 4.79 Å². The molecule has 3 nitrogen and oxygen atoms in total. The first kappa shape index (κ1) is 11.3. The number of carbonyl (C=O) groups excluding carboxylic acids is 1. The quantitative estimate of drug-likeness (QED) is 0.780. The van der Waals surface area contributed by atoms with Crippen molar-refractivity contribution in [2.24, 2.45) is 28.6 Å². The van der Waals surface area contributed by atoms with Gasteiger partial charge in [-0.15, -0.1) is 0 Å². The lowest BCUT2D eigenvalue weighted by Gasteiger charge is -2.46. The first-order valence-electron chi connectivity index (χ1n) is 7.29. The second-order valence-corrected chi connectivity index (χ2v) is 7.78. The van der Waals surface area contributed by atoms with Gasteiger partial charge in [-0.25, -0.2) is 0 Å². The maximum Gasteiger partial charge on any atom is 0.308 e. The molecule has 2 bridgehead atoms. The first-order valence-corrected chi connectivity index (χ1v) is 7.29. The van der Waals surface area contributed by atoms with Crippen LogP contribution in [0.25, 0.3) is 0 Å². The summed E-state index contributed by atoms with van der Waals surface area (Å²) in [6.07, 6.45) is 5.48. The largest absolute Gasteiger partial charge is 0.465 e. The van der Waals surface area contributed by atoms with Crippen LogP contribution in [0.2, 0.25) is 0 Å². The molecule has 1 N–H and O–H groups in total. The van der Waals surface area contributed by atoms with E-state index < -0.39 is 5.60 Å². The normalized spacial score (nSPS) is 54.9. The lowest BCUT2D eigenvalue weighted by Crippen LogP contribution is -2.45. The molecule has 4 aliphatic carbocycles. The van der Waals surface area contributed by atoms with Crippen LogP contribution in [0.4, 0.5) is 0 Å². The van der Waals surface area contributed by atoms with Crippen LogP contribution in [0, 0.1) is 28.6 Å². The van der Waals surface area contributed by atoms with Crippen molar-refractivity contribution in [2.45, 2.75) is 51.6 Å². The van der Waals surface area contributed by atoms with Crippen molar-refractivity contribution < 1.29 is 14.6 Å². The summed E-state index contributed by atoms with van der Waals surface area (Å²) in [5, 5.41) is 10.6. The molecule has 0 saturated heterocycles. The molecule has 18 heavy (non-hydrogen) atoms. The molecule has 4 saturated carbocycles. The van der Waals surface area contributed by atoms with E-state index in [9.17, 15) is 9.90 Å². The lowest BCUT2D eigenvalue weighted by molar-refractivity contribution is -0.153. The fourth-order valence-corrected chi connectivity index (χ4v) is 5.51. The molecule has 0 aliphatic heterocycles. The zero-order valence-electron chi connectivity index (χ0n) is 11.2. The molecule has 0 radical (unpaired) electrons. The molecule has 100 valence electrons. The maximum absolute atomic E-state index is 11.6. The van der Waals surface area contributed by atoms with Crippen molar-refractivity contribution in [1.82, 2.24) is 0 Å². The molecule has 4 aliphatic rings. The number of carbonyl (C=O) groups is 1. The van der Waals surface area contributed by atoms with E-state index in [0.29, 0.717) is 12.0 Å². The van der Waals surface area contributed by atoms with Crippen molar-refractivity contribution in [2.75, 3.05) is 6.61 Å². The van der Waals surface area contributed by atoms with Gasteiger partial charge in [0.2, 0.25) is 0 Å². The number of hydrogen-bond donors (Lipinski definition) is 1. The van der Waals surface area contributed by atoms with Gasteiger partial charge in [0, 0.05) is 10.8 Å². The Labute approximate surface area is 108 Å². The monoisotopic (exact) mass is 250 g/mol. The van der Waals surface area contributed by atoms with Crippen LogP contribution in [-0.4, -0.2) is 23.3 Å². The highest BCUT2D eigenvalue weighted by molar-refractivity contribution is 5.71. The van der Waals surface area contributed by atoms with Gasteiger partial charge in [0.15, 0.2) is 0 Å². The van der Waals surface area contributed by atoms with Crippen LogP contribution in [0.3, 0.4) is 0 Å². The fraction of sp³-hybridized carbons (Fsp3) is 0.933. The van der Waals surface area contributed by atoms with Crippen molar-refractivity contribution in [3.8, 4) is 0 Å². The molecular formula is C15H22O3. The Morgan fingerprint density at radius 1 is 1.33 bits per heavy atom. The van der Waals surface area contributed by atoms with E-state index in [2.05, 4.69) is 0 Å². The molecule has 5 unspecified atom stereocenters. The minimum Gasteiger partial charge on any atom is -0.465 e. The van der Waals surface area contributed by atoms with E-state index in [1.54, 1.807) is 0 Å². The Hall–Kier alpha value is -0.570. The van der Waals surface area contributed by atoms with Crippen LogP contribution in [0.5, 0.6) is 0 Å². The minimum atomic E-state index is -0.396. The molecule has 0 heterocycles. The number of fused-ring (bicyclic) bond motifs is 1. The molecule has 0 aromatic carbocycles. The zero-order chi connectivity index (χ0) is 12.8. The Balaban J connectivity index is 1.50. The summed E-state index contributed by atoms with van der Waals surface area (Å²) < 4.78 is 5.49. The van der Waals surface area contributed by atoms with Gasteiger partial charge >= 0.3 is 5.97 Å². The van der Waals surface area contributed by atoms with Crippen molar-refractivity contribution in [1.29, 1.82) is 0 Å². The molecule has 0 amide bonds. The van der Waals surface area contributed by atoms with E-state index in [-0.39, 0.29) is 17.3 Å². The second kappa shape index (κ2) is 2.95. The van der Waals surface area contributed by atoms with E-state index in [4.69, 9.17) is 4.74 Å². The smallest absolute Gasteiger partial charge is 0.308 e. The number of hydrogen-bond acceptors (Lipinski definition) is 3. The van der Waals surface area contributed by atoms with Gasteiger partial charge in [0.05, 0.1) is 18.1 Å². The Morgan fingerprint density at radius 3 is 2.83 bits per heavy atom. The SMILES string of the molecule is CC(C)C(=O)OCC12CC3CC4(CC4(O)C1)C3C2. The van der Waals surface area contributed by atoms with Crippen LogP contribution in [0.1, 0.15) is 46.0 Å². The second-order valence-electron chi connectivity index (χ2n) is 7.78. The highest BCUT2D eigenvalue weighted by atomic mass is 16.5. The van der Waals surface area contributed by atoms with E-state index >= 15 is 0 Å². The summed E-state index contributed by atoms with van der Waals surface area (Å²) >= 11 is 0. The highest BCUT2D eigenvalue weighted by Crippen LogP contribution is 2.85. The molecular weight excluding hydrogens is 228 g/mol. The summed E-state index contributed by atoms with van der Waals surface area (Å²) in [6, 6.07) is 0. The number of aliphatic hydroxyl groups is 1. The van der Waals surface area contributed by atoms with E-state index in [1.807, 2.05) is 13.8 Å². The standard InChI is InChI=1S/C15H22O3/c1-9(2)12(16)18-8-13-3-10-4-14(11(10)5-13)7-15(14,17)6-13/h9-11,17H,3-8H2,1-2H3. The molecule has 4 rings (SSSR count). The van der Waals surface area contributed by atoms with Crippen molar-refractivity contribution >= 4 is 5.97 Å². The third-order valence-electron chi connectivity index (χ3n) is 6.32. The maximum atomic E-state index is 11.6. The molecule has 0 aromatic heterocycles. The van der Waals surface area contributed by atoms with Gasteiger partial charge in [0.25, 0.3) is 0 Å². The Bertz CT molecular complexity index is 431. The predicted molar refractivity (Wildman–Crippen MR) is 65.7 cm³/mol. The van der Waals surface area contributed by atoms with Gasteiger partial charge in [0.1, 0.15) is 0 Å². The Morgan fingerprint density at radius 2 is 2.11 bits per heavy atom. The average molecular weight is 250 g/mol. The van der Waals surface area contributed by atoms with Crippen LogP contribution in [0.15, 0.2) is 0 Å². The zero-order valence-corrected chi connectivity index (χ0v) is 11.2. The summed E-state index contributed by atoms with van der Waals surface area (Å²) in [5.74, 6) is 1.39. The number of rotatable bonds is 3. The van der Waals surface area contributed by atoms with Gasteiger partial charge < -0.3 is 9.84 Å². The topological polar surface area (TPSA) is 46.5 Å². The fourth-order valence-electron chi connectivity index (χ4n) is 5.51. The number of esters is 1. The summed E-state index contributed by atoms with van der Waals surface area (Å²) in [7, 11) is 0. The van der Waals surface area contributed by atoms with Crippen LogP contribution >= 0.6 is 0 Å². The lowest BCUT2D eigenvalue weighted by atomic mass is 9.60. The first-order chi connectivity index (χ1) is 8.40. The predicted octanol–water partition coefficient (Wildman–Crippen LogP) is 2.13. The third kappa shape index (κ3) is 1.13. The van der Waals surface area contributed by atoms with E-state index in [1.165, 1.54) is 19.3 Å². The van der Waals surface area contributed by atoms with Crippen molar-refractivity contribution in [3.63, 3.8) is 0 Å². The van der Waals surface area contributed by atoms with Crippen LogP contribution < -0.4 is 0 Å². The van der Waals surface area contributed by atoms with Gasteiger partial charge in [-0.1, -0.05) is 13.8 Å². The van der Waals surface area contributed by atoms with Gasteiger partial charge in [-0.2, -0.15) is 0 Å². The molecule has 3 heteroatoms. The summed E-state index contributed by atoms with van der Waals surface area (Å²) in [6.45, 7) is 4.28. The van der Waals surface area contributed by atoms with E-state index in [0.717, 1.165) is 24.7 Å². The molecule has 1 spiro atoms. The number of ether oxygens (including phenoxy) is 1. The molecule has 0 aromatic rings.